The third-order valence-corrected chi connectivity index (χ3v) is 2.99. The van der Waals surface area contributed by atoms with Crippen LogP contribution in [0, 0.1) is 11.7 Å². The normalized spacial score (nSPS) is 12.0. The van der Waals surface area contributed by atoms with Crippen molar-refractivity contribution < 1.29 is 19.0 Å². The summed E-state index contributed by atoms with van der Waals surface area (Å²) in [6.45, 7) is 4.37. The van der Waals surface area contributed by atoms with Crippen molar-refractivity contribution in [2.75, 3.05) is 25.1 Å². The Balaban J connectivity index is 2.79. The number of rotatable bonds is 7. The summed E-state index contributed by atoms with van der Waals surface area (Å²) in [6, 6.07) is 4.65. The van der Waals surface area contributed by atoms with Crippen LogP contribution in [-0.4, -0.2) is 31.3 Å². The summed E-state index contributed by atoms with van der Waals surface area (Å²) in [7, 11) is 1.75. The first kappa shape index (κ1) is 15.3. The molecule has 4 nitrogen and oxygen atoms in total. The summed E-state index contributed by atoms with van der Waals surface area (Å²) in [4.78, 5) is 12.7. The highest BCUT2D eigenvalue weighted by molar-refractivity contribution is 5.71. The molecule has 1 atom stereocenters. The zero-order valence-electron chi connectivity index (χ0n) is 11.5. The van der Waals surface area contributed by atoms with E-state index >= 15 is 0 Å². The molecule has 0 bridgehead atoms. The molecule has 1 unspecified atom stereocenters. The molecule has 0 saturated heterocycles. The number of halogens is 1. The van der Waals surface area contributed by atoms with Gasteiger partial charge in [0.2, 0.25) is 0 Å². The Hall–Kier alpha value is -1.78. The Bertz CT molecular complexity index is 437. The van der Waals surface area contributed by atoms with Crippen molar-refractivity contribution in [2.45, 2.75) is 20.3 Å². The van der Waals surface area contributed by atoms with E-state index in [2.05, 4.69) is 0 Å². The van der Waals surface area contributed by atoms with Crippen LogP contribution in [0.1, 0.15) is 20.3 Å². The molecule has 0 aliphatic carbocycles. The number of ether oxygens (including phenoxy) is 1. The number of carboxylic acids is 1. The molecule has 19 heavy (non-hydrogen) atoms. The second-order valence-electron chi connectivity index (χ2n) is 4.37. The predicted molar refractivity (Wildman–Crippen MR) is 72.3 cm³/mol. The van der Waals surface area contributed by atoms with E-state index in [0.29, 0.717) is 25.3 Å². The average molecular weight is 269 g/mol. The van der Waals surface area contributed by atoms with Crippen molar-refractivity contribution in [3.8, 4) is 5.75 Å². The van der Waals surface area contributed by atoms with Crippen LogP contribution in [0.25, 0.3) is 0 Å². The standard InChI is InChI=1S/C14H20FNO3/c1-4-10(14(17)18)9-16(3)11-6-7-13(19-5-2)12(15)8-11/h6-8,10H,4-5,9H2,1-3H3,(H,17,18). The number of carboxylic acid groups (broad SMARTS) is 1. The average Bonchev–Trinajstić information content (AvgIpc) is 2.37. The van der Waals surface area contributed by atoms with Crippen LogP contribution in [0.15, 0.2) is 18.2 Å². The first-order chi connectivity index (χ1) is 8.99. The van der Waals surface area contributed by atoms with Crippen LogP contribution >= 0.6 is 0 Å². The van der Waals surface area contributed by atoms with Gasteiger partial charge in [0.25, 0.3) is 0 Å². The van der Waals surface area contributed by atoms with Crippen molar-refractivity contribution in [2.24, 2.45) is 5.92 Å². The predicted octanol–water partition coefficient (Wildman–Crippen LogP) is 2.77. The largest absolute Gasteiger partial charge is 0.491 e. The molecule has 1 N–H and O–H groups in total. The minimum atomic E-state index is -0.833. The topological polar surface area (TPSA) is 49.8 Å². The number of aliphatic carboxylic acids is 1. The molecular weight excluding hydrogens is 249 g/mol. The van der Waals surface area contributed by atoms with Gasteiger partial charge in [-0.05, 0) is 25.5 Å². The van der Waals surface area contributed by atoms with Crippen LogP contribution in [0.3, 0.4) is 0 Å². The zero-order chi connectivity index (χ0) is 14.4. The molecule has 0 aromatic heterocycles. The van der Waals surface area contributed by atoms with Crippen molar-refractivity contribution in [1.82, 2.24) is 0 Å². The summed E-state index contributed by atoms with van der Waals surface area (Å²) in [5, 5.41) is 9.02. The van der Waals surface area contributed by atoms with Gasteiger partial charge in [0.1, 0.15) is 0 Å². The lowest BCUT2D eigenvalue weighted by Crippen LogP contribution is -2.29. The van der Waals surface area contributed by atoms with Crippen molar-refractivity contribution in [1.29, 1.82) is 0 Å². The van der Waals surface area contributed by atoms with Gasteiger partial charge in [-0.15, -0.1) is 0 Å². The fourth-order valence-corrected chi connectivity index (χ4v) is 1.82. The van der Waals surface area contributed by atoms with Gasteiger partial charge in [-0.3, -0.25) is 4.79 Å². The maximum Gasteiger partial charge on any atom is 0.308 e. The van der Waals surface area contributed by atoms with E-state index in [4.69, 9.17) is 9.84 Å². The first-order valence-electron chi connectivity index (χ1n) is 6.35. The van der Waals surface area contributed by atoms with Crippen LogP contribution in [0.4, 0.5) is 10.1 Å². The van der Waals surface area contributed by atoms with Crippen LogP contribution in [0.5, 0.6) is 5.75 Å². The number of benzene rings is 1. The minimum absolute atomic E-state index is 0.213. The lowest BCUT2D eigenvalue weighted by atomic mass is 10.1. The molecule has 0 amide bonds. The van der Waals surface area contributed by atoms with Gasteiger partial charge in [0, 0.05) is 25.3 Å². The van der Waals surface area contributed by atoms with E-state index in [0.717, 1.165) is 0 Å². The molecule has 0 aliphatic heterocycles. The van der Waals surface area contributed by atoms with E-state index in [1.807, 2.05) is 6.92 Å². The van der Waals surface area contributed by atoms with E-state index < -0.39 is 17.7 Å². The van der Waals surface area contributed by atoms with Gasteiger partial charge in [-0.2, -0.15) is 0 Å². The molecule has 0 aliphatic rings. The fraction of sp³-hybridized carbons (Fsp3) is 0.500. The number of nitrogens with zero attached hydrogens (tertiary/aromatic N) is 1. The van der Waals surface area contributed by atoms with Gasteiger partial charge < -0.3 is 14.7 Å². The Kier molecular flexibility index (Phi) is 5.60. The maximum atomic E-state index is 13.7. The highest BCUT2D eigenvalue weighted by Crippen LogP contribution is 2.24. The van der Waals surface area contributed by atoms with E-state index in [9.17, 15) is 9.18 Å². The summed E-state index contributed by atoms with van der Waals surface area (Å²) in [5.74, 6) is -1.51. The van der Waals surface area contributed by atoms with E-state index in [1.165, 1.54) is 6.07 Å². The van der Waals surface area contributed by atoms with Gasteiger partial charge in [-0.25, -0.2) is 4.39 Å². The monoisotopic (exact) mass is 269 g/mol. The molecule has 0 saturated carbocycles. The minimum Gasteiger partial charge on any atom is -0.491 e. The fourth-order valence-electron chi connectivity index (χ4n) is 1.82. The summed E-state index contributed by atoms with van der Waals surface area (Å²) in [5.41, 5.74) is 0.639. The second kappa shape index (κ2) is 6.97. The molecule has 1 aromatic rings. The molecule has 1 rings (SSSR count). The molecular formula is C14H20FNO3. The van der Waals surface area contributed by atoms with Gasteiger partial charge in [-0.1, -0.05) is 6.92 Å². The van der Waals surface area contributed by atoms with E-state index in [-0.39, 0.29) is 5.75 Å². The van der Waals surface area contributed by atoms with Crippen molar-refractivity contribution in [3.63, 3.8) is 0 Å². The number of carbonyl (C=O) groups is 1. The summed E-state index contributed by atoms with van der Waals surface area (Å²) < 4.78 is 18.8. The molecule has 1 aromatic carbocycles. The summed E-state index contributed by atoms with van der Waals surface area (Å²) in [6.07, 6.45) is 0.541. The second-order valence-corrected chi connectivity index (χ2v) is 4.37. The van der Waals surface area contributed by atoms with Gasteiger partial charge in [0.05, 0.1) is 12.5 Å². The smallest absolute Gasteiger partial charge is 0.308 e. The van der Waals surface area contributed by atoms with Crippen molar-refractivity contribution >= 4 is 11.7 Å². The lowest BCUT2D eigenvalue weighted by molar-refractivity contribution is -0.141. The van der Waals surface area contributed by atoms with Crippen LogP contribution in [0.2, 0.25) is 0 Å². The molecule has 0 spiro atoms. The third-order valence-electron chi connectivity index (χ3n) is 2.99. The Labute approximate surface area is 112 Å². The zero-order valence-corrected chi connectivity index (χ0v) is 11.5. The van der Waals surface area contributed by atoms with Crippen LogP contribution < -0.4 is 9.64 Å². The number of hydrogen-bond acceptors (Lipinski definition) is 3. The Morgan fingerprint density at radius 1 is 1.47 bits per heavy atom. The highest BCUT2D eigenvalue weighted by Gasteiger charge is 2.18. The molecule has 106 valence electrons. The van der Waals surface area contributed by atoms with Crippen LogP contribution in [-0.2, 0) is 4.79 Å². The molecule has 5 heteroatoms. The SMILES string of the molecule is CCOc1ccc(N(C)CC(CC)C(=O)O)cc1F. The maximum absolute atomic E-state index is 13.7. The number of hydrogen-bond donors (Lipinski definition) is 1. The quantitative estimate of drug-likeness (QED) is 0.827. The molecule has 0 heterocycles. The summed E-state index contributed by atoms with van der Waals surface area (Å²) >= 11 is 0. The Morgan fingerprint density at radius 2 is 2.16 bits per heavy atom. The van der Waals surface area contributed by atoms with Gasteiger partial charge >= 0.3 is 5.97 Å². The van der Waals surface area contributed by atoms with Crippen molar-refractivity contribution in [3.05, 3.63) is 24.0 Å². The lowest BCUT2D eigenvalue weighted by Gasteiger charge is -2.23. The van der Waals surface area contributed by atoms with Gasteiger partial charge in [0.15, 0.2) is 11.6 Å². The van der Waals surface area contributed by atoms with E-state index in [1.54, 1.807) is 31.0 Å². The molecule has 0 fully saturated rings. The highest BCUT2D eigenvalue weighted by atomic mass is 19.1. The Morgan fingerprint density at radius 3 is 2.63 bits per heavy atom. The third kappa shape index (κ3) is 4.12. The first-order valence-corrected chi connectivity index (χ1v) is 6.35. The molecule has 0 radical (unpaired) electrons. The number of anilines is 1.